The first-order valence-corrected chi connectivity index (χ1v) is 3.67. The fourth-order valence-electron chi connectivity index (χ4n) is 1.08. The molecule has 0 bridgehead atoms. The lowest BCUT2D eigenvalue weighted by Crippen LogP contribution is -1.90. The van der Waals surface area contributed by atoms with Gasteiger partial charge in [0.2, 0.25) is 0 Å². The summed E-state index contributed by atoms with van der Waals surface area (Å²) >= 11 is 0. The molecule has 0 spiro atoms. The molecule has 0 aromatic carbocycles. The van der Waals surface area contributed by atoms with Crippen molar-refractivity contribution >= 4 is 0 Å². The second kappa shape index (κ2) is 3.69. The topological polar surface area (TPSA) is 0 Å². The second-order valence-corrected chi connectivity index (χ2v) is 2.35. The quantitative estimate of drug-likeness (QED) is 0.455. The van der Waals surface area contributed by atoms with E-state index in [9.17, 15) is 0 Å². The Morgan fingerprint density at radius 2 is 2.36 bits per heavy atom. The second-order valence-electron chi connectivity index (χ2n) is 2.35. The molecular formula is C11H10. The molecule has 0 atom stereocenters. The normalized spacial score (nSPS) is 15.3. The Balaban J connectivity index is 3.00. The monoisotopic (exact) mass is 142 g/mol. The molecule has 0 amide bonds. The molecule has 11 heavy (non-hydrogen) atoms. The first-order valence-electron chi connectivity index (χ1n) is 3.67. The lowest BCUT2D eigenvalue weighted by molar-refractivity contribution is 0.990. The molecule has 0 unspecified atom stereocenters. The van der Waals surface area contributed by atoms with Gasteiger partial charge in [-0.1, -0.05) is 17.9 Å². The minimum absolute atomic E-state index is 0.950. The lowest BCUT2D eigenvalue weighted by atomic mass is 9.98. The largest absolute Gasteiger partial charge is 0.115 e. The highest BCUT2D eigenvalue weighted by atomic mass is 14.0. The average Bonchev–Trinajstić information content (AvgIpc) is 2.06. The van der Waals surface area contributed by atoms with E-state index in [1.165, 1.54) is 0 Å². The maximum atomic E-state index is 5.30. The van der Waals surface area contributed by atoms with Crippen LogP contribution in [-0.4, -0.2) is 0 Å². The summed E-state index contributed by atoms with van der Waals surface area (Å²) < 4.78 is 0. The molecule has 54 valence electrons. The third-order valence-corrected chi connectivity index (χ3v) is 1.60. The number of allylic oxidation sites excluding steroid dienone is 4. The van der Waals surface area contributed by atoms with E-state index in [-0.39, 0.29) is 0 Å². The van der Waals surface area contributed by atoms with Crippen LogP contribution in [0.3, 0.4) is 0 Å². The average molecular weight is 142 g/mol. The predicted octanol–water partition coefficient (Wildman–Crippen LogP) is 2.29. The van der Waals surface area contributed by atoms with E-state index in [4.69, 9.17) is 6.42 Å². The van der Waals surface area contributed by atoms with Crippen molar-refractivity contribution < 1.29 is 0 Å². The van der Waals surface area contributed by atoms with Gasteiger partial charge in [0.05, 0.1) is 0 Å². The Bertz CT molecular complexity index is 297. The fraction of sp³-hybridized carbons (Fsp3) is 0.273. The van der Waals surface area contributed by atoms with E-state index >= 15 is 0 Å². The fourth-order valence-corrected chi connectivity index (χ4v) is 1.08. The van der Waals surface area contributed by atoms with E-state index in [0.29, 0.717) is 0 Å². The van der Waals surface area contributed by atoms with Gasteiger partial charge in [0, 0.05) is 11.1 Å². The van der Waals surface area contributed by atoms with Crippen LogP contribution in [0, 0.1) is 24.2 Å². The lowest BCUT2D eigenvalue weighted by Gasteiger charge is -2.04. The first-order chi connectivity index (χ1) is 5.38. The minimum atomic E-state index is 0.950. The zero-order valence-electron chi connectivity index (χ0n) is 6.65. The van der Waals surface area contributed by atoms with Crippen LogP contribution in [0.2, 0.25) is 0 Å². The van der Waals surface area contributed by atoms with Gasteiger partial charge in [0.15, 0.2) is 0 Å². The van der Waals surface area contributed by atoms with Gasteiger partial charge >= 0.3 is 0 Å². The highest BCUT2D eigenvalue weighted by Gasteiger charge is 2.02. The van der Waals surface area contributed by atoms with Gasteiger partial charge in [0.1, 0.15) is 0 Å². The van der Waals surface area contributed by atoms with Crippen molar-refractivity contribution in [2.45, 2.75) is 19.8 Å². The van der Waals surface area contributed by atoms with Gasteiger partial charge in [-0.05, 0) is 25.8 Å². The first kappa shape index (κ1) is 7.70. The molecule has 0 saturated heterocycles. The molecular weight excluding hydrogens is 132 g/mol. The van der Waals surface area contributed by atoms with Gasteiger partial charge in [-0.15, -0.1) is 12.3 Å². The molecule has 0 fully saturated rings. The number of hydrogen-bond acceptors (Lipinski definition) is 0. The van der Waals surface area contributed by atoms with Crippen LogP contribution in [0.25, 0.3) is 0 Å². The highest BCUT2D eigenvalue weighted by Crippen LogP contribution is 2.16. The van der Waals surface area contributed by atoms with Gasteiger partial charge in [-0.2, -0.15) is 0 Å². The molecule has 0 aliphatic heterocycles. The summed E-state index contributed by atoms with van der Waals surface area (Å²) in [7, 11) is 0. The van der Waals surface area contributed by atoms with E-state index < -0.39 is 0 Å². The van der Waals surface area contributed by atoms with Crippen molar-refractivity contribution in [1.82, 2.24) is 0 Å². The zero-order valence-corrected chi connectivity index (χ0v) is 6.65. The summed E-state index contributed by atoms with van der Waals surface area (Å²) in [6.45, 7) is 1.83. The maximum Gasteiger partial charge on any atom is 0.0355 e. The Morgan fingerprint density at radius 3 is 3.00 bits per heavy atom. The molecule has 1 aliphatic carbocycles. The van der Waals surface area contributed by atoms with Crippen LogP contribution < -0.4 is 0 Å². The predicted molar refractivity (Wildman–Crippen MR) is 47.7 cm³/mol. The van der Waals surface area contributed by atoms with Crippen LogP contribution in [0.5, 0.6) is 0 Å². The molecule has 0 N–H and O–H groups in total. The summed E-state index contributed by atoms with van der Waals surface area (Å²) in [5.74, 6) is 8.51. The standard InChI is InChI=1S/C11H10/c1-3-7-11-9-6-5-8-10(11)4-2/h2,5,8H,6,9H2,1H3. The van der Waals surface area contributed by atoms with Crippen molar-refractivity contribution in [3.63, 3.8) is 0 Å². The summed E-state index contributed by atoms with van der Waals surface area (Å²) in [6, 6.07) is 0. The van der Waals surface area contributed by atoms with E-state index in [0.717, 1.165) is 24.0 Å². The van der Waals surface area contributed by atoms with Crippen LogP contribution in [0.15, 0.2) is 23.3 Å². The van der Waals surface area contributed by atoms with Crippen LogP contribution in [0.1, 0.15) is 19.8 Å². The molecule has 0 aromatic rings. The summed E-state index contributed by atoms with van der Waals surface area (Å²) in [5, 5.41) is 0. The molecule has 0 nitrogen and oxygen atoms in total. The Kier molecular flexibility index (Phi) is 2.59. The molecule has 1 rings (SSSR count). The van der Waals surface area contributed by atoms with Gasteiger partial charge in [-0.3, -0.25) is 0 Å². The Hall–Kier alpha value is -1.40. The third kappa shape index (κ3) is 1.76. The van der Waals surface area contributed by atoms with Crippen LogP contribution in [0.4, 0.5) is 0 Å². The van der Waals surface area contributed by atoms with E-state index in [2.05, 4.69) is 23.8 Å². The SMILES string of the molecule is C#CC1=C(C#CC)CCC=C1. The van der Waals surface area contributed by atoms with Crippen molar-refractivity contribution in [2.24, 2.45) is 0 Å². The third-order valence-electron chi connectivity index (χ3n) is 1.60. The molecule has 0 aromatic heterocycles. The zero-order chi connectivity index (χ0) is 8.10. The van der Waals surface area contributed by atoms with Gasteiger partial charge in [0.25, 0.3) is 0 Å². The number of terminal acetylenes is 1. The van der Waals surface area contributed by atoms with Gasteiger partial charge in [-0.25, -0.2) is 0 Å². The molecule has 1 aliphatic rings. The summed E-state index contributed by atoms with van der Waals surface area (Å²) in [5.41, 5.74) is 2.06. The number of hydrogen-bond donors (Lipinski definition) is 0. The smallest absolute Gasteiger partial charge is 0.0355 e. The highest BCUT2D eigenvalue weighted by molar-refractivity contribution is 5.49. The number of rotatable bonds is 0. The Morgan fingerprint density at radius 1 is 1.55 bits per heavy atom. The molecule has 0 heteroatoms. The minimum Gasteiger partial charge on any atom is -0.115 e. The van der Waals surface area contributed by atoms with Crippen molar-refractivity contribution in [3.8, 4) is 24.2 Å². The summed E-state index contributed by atoms with van der Waals surface area (Å²) in [6.07, 6.45) is 11.4. The molecule has 0 radical (unpaired) electrons. The van der Waals surface area contributed by atoms with Gasteiger partial charge < -0.3 is 0 Å². The van der Waals surface area contributed by atoms with Crippen molar-refractivity contribution in [3.05, 3.63) is 23.3 Å². The van der Waals surface area contributed by atoms with Crippen LogP contribution in [-0.2, 0) is 0 Å². The van der Waals surface area contributed by atoms with Crippen LogP contribution >= 0.6 is 0 Å². The Labute approximate surface area is 68.0 Å². The molecule has 0 heterocycles. The van der Waals surface area contributed by atoms with Crippen molar-refractivity contribution in [2.75, 3.05) is 0 Å². The van der Waals surface area contributed by atoms with E-state index in [1.807, 2.05) is 13.0 Å². The van der Waals surface area contributed by atoms with Crippen molar-refractivity contribution in [1.29, 1.82) is 0 Å². The van der Waals surface area contributed by atoms with E-state index in [1.54, 1.807) is 0 Å². The molecule has 0 saturated carbocycles. The summed E-state index contributed by atoms with van der Waals surface area (Å²) in [4.78, 5) is 0. The maximum absolute atomic E-state index is 5.30.